The van der Waals surface area contributed by atoms with Crippen LogP contribution in [0.15, 0.2) is 90.3 Å². The minimum Gasteiger partial charge on any atom is -0.444 e. The van der Waals surface area contributed by atoms with Gasteiger partial charge in [-0.3, -0.25) is 9.80 Å². The fourth-order valence-electron chi connectivity index (χ4n) is 7.20. The van der Waals surface area contributed by atoms with Crippen LogP contribution >= 0.6 is 34.3 Å². The summed E-state index contributed by atoms with van der Waals surface area (Å²) in [6, 6.07) is 29.0. The molecule has 0 aliphatic carbocycles. The van der Waals surface area contributed by atoms with E-state index < -0.39 is 11.2 Å². The number of carbonyl (C=O) groups excluding carboxylic acids is 2. The molecule has 0 N–H and O–H groups in total. The number of aromatic nitrogens is 2. The smallest absolute Gasteiger partial charge is 0.410 e. The Labute approximate surface area is 336 Å². The average molecular weight is 795 g/mol. The Morgan fingerprint density at radius 3 is 1.73 bits per heavy atom. The fraction of sp³-hybridized carbons (Fsp3) is 0.364. The van der Waals surface area contributed by atoms with Crippen molar-refractivity contribution < 1.29 is 19.1 Å². The highest BCUT2D eigenvalue weighted by molar-refractivity contribution is 7.16. The first kappa shape index (κ1) is 38.8. The van der Waals surface area contributed by atoms with Gasteiger partial charge in [-0.2, -0.15) is 0 Å². The Bertz CT molecular complexity index is 2310. The lowest BCUT2D eigenvalue weighted by Crippen LogP contribution is -2.36. The van der Waals surface area contributed by atoms with Gasteiger partial charge in [-0.15, -0.1) is 22.7 Å². The van der Waals surface area contributed by atoms with Gasteiger partial charge in [0.05, 0.1) is 17.8 Å². The second-order valence-electron chi connectivity index (χ2n) is 16.0. The quantitative estimate of drug-likeness (QED) is 0.177. The summed E-state index contributed by atoms with van der Waals surface area (Å²) in [6.07, 6.45) is 3.19. The summed E-state index contributed by atoms with van der Waals surface area (Å²) >= 11 is 9.70. The van der Waals surface area contributed by atoms with Gasteiger partial charge in [0, 0.05) is 29.6 Å². The lowest BCUT2D eigenvalue weighted by molar-refractivity contribution is 0.0213. The number of hydrogen-bond acceptors (Lipinski definition) is 8. The number of benzene rings is 4. The topological polar surface area (TPSA) is 84.9 Å². The van der Waals surface area contributed by atoms with Gasteiger partial charge < -0.3 is 9.47 Å². The molecule has 0 bridgehead atoms. The standard InChI is InChI=1S/C22H23ClN2O2S.C22H24N2O2S/c1-22(2,3)27-21(26)25-13-7-12-17(25)20-24-18(19(23)28-20)16-11-6-9-14-8-4-5-10-15(14)16;1-22(2,3)26-21(25)24-13-7-12-19(24)20-23-18(14-27-20)17-11-6-9-15-8-4-5-10-16(15)17/h4-6,8-11,17H,7,12-13H2,1-3H3;4-6,8-11,14,19H,7,12-13H2,1-3H3/t17-;19-/m00/s1. The van der Waals surface area contributed by atoms with Crippen molar-refractivity contribution in [3.63, 3.8) is 0 Å². The molecule has 2 fully saturated rings. The fourth-order valence-corrected chi connectivity index (χ4v) is 9.50. The molecule has 0 unspecified atom stereocenters. The van der Waals surface area contributed by atoms with Crippen molar-refractivity contribution in [2.75, 3.05) is 13.1 Å². The van der Waals surface area contributed by atoms with Crippen molar-refractivity contribution in [3.8, 4) is 22.5 Å². The first-order valence-electron chi connectivity index (χ1n) is 18.8. The zero-order chi connectivity index (χ0) is 38.9. The Morgan fingerprint density at radius 2 is 1.16 bits per heavy atom. The molecular formula is C44H47ClN4O4S2. The second-order valence-corrected chi connectivity index (χ2v) is 18.5. The maximum atomic E-state index is 12.6. The van der Waals surface area contributed by atoms with E-state index in [0.29, 0.717) is 10.9 Å². The van der Waals surface area contributed by atoms with Crippen molar-refractivity contribution >= 4 is 68.0 Å². The van der Waals surface area contributed by atoms with Gasteiger partial charge in [0.1, 0.15) is 31.2 Å². The first-order chi connectivity index (χ1) is 26.3. The molecule has 8 rings (SSSR count). The van der Waals surface area contributed by atoms with E-state index in [4.69, 9.17) is 31.0 Å². The van der Waals surface area contributed by atoms with E-state index in [1.165, 1.54) is 22.1 Å². The van der Waals surface area contributed by atoms with E-state index in [9.17, 15) is 9.59 Å². The van der Waals surface area contributed by atoms with Gasteiger partial charge in [-0.05, 0) is 88.8 Å². The van der Waals surface area contributed by atoms with Crippen LogP contribution in [-0.4, -0.2) is 56.2 Å². The van der Waals surface area contributed by atoms with Gasteiger partial charge in [0.15, 0.2) is 0 Å². The Balaban J connectivity index is 0.000000169. The summed E-state index contributed by atoms with van der Waals surface area (Å²) in [5, 5.41) is 8.65. The van der Waals surface area contributed by atoms with Crippen LogP contribution in [0, 0.1) is 0 Å². The van der Waals surface area contributed by atoms with Gasteiger partial charge in [-0.25, -0.2) is 19.6 Å². The third kappa shape index (κ3) is 8.82. The number of halogens is 1. The normalized spacial score (nSPS) is 17.4. The van der Waals surface area contributed by atoms with Crippen LogP contribution < -0.4 is 0 Å². The van der Waals surface area contributed by atoms with Crippen molar-refractivity contribution in [3.05, 3.63) is 105 Å². The molecule has 0 spiro atoms. The van der Waals surface area contributed by atoms with Crippen LogP contribution in [-0.2, 0) is 9.47 Å². The zero-order valence-electron chi connectivity index (χ0n) is 32.2. The SMILES string of the molecule is CC(C)(C)OC(=O)N1CCC[C@H]1c1nc(-c2cccc3ccccc23)c(Cl)s1.CC(C)(C)OC(=O)N1CCC[C@H]1c1nc(-c2cccc3ccccc23)cs1. The number of carbonyl (C=O) groups is 2. The van der Waals surface area contributed by atoms with Crippen LogP contribution in [0.1, 0.15) is 89.3 Å². The average Bonchev–Trinajstić information content (AvgIpc) is 3.97. The van der Waals surface area contributed by atoms with Crippen molar-refractivity contribution in [1.82, 2.24) is 19.8 Å². The van der Waals surface area contributed by atoms with E-state index in [0.717, 1.165) is 75.5 Å². The Hall–Kier alpha value is -4.51. The molecule has 2 aliphatic rings. The first-order valence-corrected chi connectivity index (χ1v) is 20.9. The third-order valence-electron chi connectivity index (χ3n) is 9.57. The molecule has 2 saturated heterocycles. The molecule has 2 amide bonds. The molecule has 2 aromatic heterocycles. The Morgan fingerprint density at radius 1 is 0.673 bits per heavy atom. The number of likely N-dealkylation sites (tertiary alicyclic amines) is 2. The van der Waals surface area contributed by atoms with Crippen molar-refractivity contribution in [2.24, 2.45) is 0 Å². The van der Waals surface area contributed by atoms with E-state index >= 15 is 0 Å². The van der Waals surface area contributed by atoms with Gasteiger partial charge in [0.25, 0.3) is 0 Å². The summed E-state index contributed by atoms with van der Waals surface area (Å²) in [6.45, 7) is 12.8. The van der Waals surface area contributed by atoms with Gasteiger partial charge in [0.2, 0.25) is 0 Å². The number of fused-ring (bicyclic) bond motifs is 2. The molecule has 2 aliphatic heterocycles. The largest absolute Gasteiger partial charge is 0.444 e. The highest BCUT2D eigenvalue weighted by atomic mass is 35.5. The number of amides is 2. The van der Waals surface area contributed by atoms with Crippen LogP contribution in [0.5, 0.6) is 0 Å². The number of rotatable bonds is 4. The Kier molecular flexibility index (Phi) is 11.2. The lowest BCUT2D eigenvalue weighted by atomic mass is 10.0. The van der Waals surface area contributed by atoms with E-state index in [2.05, 4.69) is 66.0 Å². The van der Waals surface area contributed by atoms with Crippen molar-refractivity contribution in [2.45, 2.75) is 90.5 Å². The summed E-state index contributed by atoms with van der Waals surface area (Å²) < 4.78 is 11.8. The lowest BCUT2D eigenvalue weighted by Gasteiger charge is -2.27. The predicted octanol–water partition coefficient (Wildman–Crippen LogP) is 12.7. The van der Waals surface area contributed by atoms with Crippen LogP contribution in [0.2, 0.25) is 4.34 Å². The minimum absolute atomic E-state index is 0.00794. The molecule has 11 heteroatoms. The number of ether oxygens (including phenoxy) is 2. The molecule has 2 atom stereocenters. The number of nitrogens with zero attached hydrogens (tertiary/aromatic N) is 4. The minimum atomic E-state index is -0.515. The monoisotopic (exact) mass is 794 g/mol. The number of thiazole rings is 2. The molecule has 0 radical (unpaired) electrons. The molecule has 4 aromatic carbocycles. The van der Waals surface area contributed by atoms with Crippen LogP contribution in [0.4, 0.5) is 9.59 Å². The predicted molar refractivity (Wildman–Crippen MR) is 225 cm³/mol. The zero-order valence-corrected chi connectivity index (χ0v) is 34.6. The van der Waals surface area contributed by atoms with Gasteiger partial charge >= 0.3 is 12.2 Å². The summed E-state index contributed by atoms with van der Waals surface area (Å²) in [7, 11) is 0. The number of hydrogen-bond donors (Lipinski definition) is 0. The molecular weight excluding hydrogens is 748 g/mol. The third-order valence-corrected chi connectivity index (χ3v) is 11.9. The van der Waals surface area contributed by atoms with E-state index in [1.807, 2.05) is 70.7 Å². The van der Waals surface area contributed by atoms with E-state index in [-0.39, 0.29) is 24.3 Å². The highest BCUT2D eigenvalue weighted by Crippen LogP contribution is 2.43. The second kappa shape index (κ2) is 15.9. The molecule has 286 valence electrons. The van der Waals surface area contributed by atoms with Gasteiger partial charge in [-0.1, -0.05) is 96.5 Å². The molecule has 6 aromatic rings. The maximum Gasteiger partial charge on any atom is 0.410 e. The summed E-state index contributed by atoms with van der Waals surface area (Å²) in [4.78, 5) is 38.6. The molecule has 0 saturated carbocycles. The molecule has 55 heavy (non-hydrogen) atoms. The summed E-state index contributed by atoms with van der Waals surface area (Å²) in [5.74, 6) is 0. The van der Waals surface area contributed by atoms with Crippen LogP contribution in [0.3, 0.4) is 0 Å². The summed E-state index contributed by atoms with van der Waals surface area (Å²) in [5.41, 5.74) is 2.92. The van der Waals surface area contributed by atoms with Crippen LogP contribution in [0.25, 0.3) is 44.1 Å². The van der Waals surface area contributed by atoms with E-state index in [1.54, 1.807) is 16.2 Å². The molecule has 8 nitrogen and oxygen atoms in total. The maximum absolute atomic E-state index is 12.6. The van der Waals surface area contributed by atoms with Crippen molar-refractivity contribution in [1.29, 1.82) is 0 Å². The molecule has 4 heterocycles. The highest BCUT2D eigenvalue weighted by Gasteiger charge is 2.36.